The van der Waals surface area contributed by atoms with E-state index in [0.717, 1.165) is 39.3 Å². The van der Waals surface area contributed by atoms with Crippen molar-refractivity contribution in [2.45, 2.75) is 11.6 Å². The molecule has 1 saturated heterocycles. The molecule has 0 aliphatic carbocycles. The normalized spacial score (nSPS) is 15.5. The van der Waals surface area contributed by atoms with E-state index in [0.29, 0.717) is 31.2 Å². The fraction of sp³-hybridized carbons (Fsp3) is 0.368. The molecule has 3 aromatic rings. The van der Waals surface area contributed by atoms with Crippen LogP contribution in [0.4, 0.5) is 5.13 Å². The average Bonchev–Trinajstić information content (AvgIpc) is 3.43. The Morgan fingerprint density at radius 2 is 2.07 bits per heavy atom. The number of thioether (sulfide) groups is 1. The van der Waals surface area contributed by atoms with Gasteiger partial charge in [0.05, 0.1) is 19.0 Å². The molecule has 156 valence electrons. The minimum Gasteiger partial charge on any atom is -0.454 e. The Morgan fingerprint density at radius 1 is 1.20 bits per heavy atom. The van der Waals surface area contributed by atoms with Crippen molar-refractivity contribution in [3.05, 3.63) is 30.1 Å². The van der Waals surface area contributed by atoms with Gasteiger partial charge in [-0.2, -0.15) is 4.98 Å². The van der Waals surface area contributed by atoms with Gasteiger partial charge in [0, 0.05) is 19.6 Å². The Labute approximate surface area is 180 Å². The number of morpholine rings is 1. The third-order valence-electron chi connectivity index (χ3n) is 4.70. The van der Waals surface area contributed by atoms with Gasteiger partial charge in [-0.15, -0.1) is 0 Å². The largest absolute Gasteiger partial charge is 0.454 e. The lowest BCUT2D eigenvalue weighted by molar-refractivity contribution is -0.118. The highest BCUT2D eigenvalue weighted by atomic mass is 32.2. The molecule has 1 amide bonds. The summed E-state index contributed by atoms with van der Waals surface area (Å²) in [5.41, 5.74) is 1.62. The average molecular weight is 446 g/mol. The molecule has 5 rings (SSSR count). The molecule has 2 aromatic heterocycles. The number of nitrogens with one attached hydrogen (secondary N) is 1. The zero-order valence-electron chi connectivity index (χ0n) is 16.0. The van der Waals surface area contributed by atoms with Crippen LogP contribution >= 0.6 is 23.1 Å². The van der Waals surface area contributed by atoms with Crippen molar-refractivity contribution in [3.8, 4) is 11.5 Å². The summed E-state index contributed by atoms with van der Waals surface area (Å²) >= 11 is 2.95. The minimum atomic E-state index is -0.0673. The molecule has 11 heteroatoms. The van der Waals surface area contributed by atoms with Gasteiger partial charge < -0.3 is 24.4 Å². The lowest BCUT2D eigenvalue weighted by Crippen LogP contribution is -2.36. The SMILES string of the molecule is O=C(CSc1ncnc2nc(N3CCOCC3)sc12)NCc1ccc2c(c1)OCO2. The topological polar surface area (TPSA) is 98.7 Å². The summed E-state index contributed by atoms with van der Waals surface area (Å²) in [5, 5.41) is 4.62. The van der Waals surface area contributed by atoms with Crippen LogP contribution in [0.2, 0.25) is 0 Å². The molecule has 2 aliphatic rings. The number of hydrogen-bond acceptors (Lipinski definition) is 10. The number of carbonyl (C=O) groups excluding carboxylic acids is 1. The van der Waals surface area contributed by atoms with Crippen LogP contribution in [-0.2, 0) is 16.1 Å². The first-order valence-electron chi connectivity index (χ1n) is 9.48. The molecule has 0 saturated carbocycles. The summed E-state index contributed by atoms with van der Waals surface area (Å²) in [6.07, 6.45) is 1.50. The van der Waals surface area contributed by atoms with E-state index >= 15 is 0 Å². The Hall–Kier alpha value is -2.63. The number of carbonyl (C=O) groups is 1. The second-order valence-corrected chi connectivity index (χ2v) is 8.62. The summed E-state index contributed by atoms with van der Waals surface area (Å²) < 4.78 is 17.0. The first-order chi connectivity index (χ1) is 14.8. The zero-order valence-corrected chi connectivity index (χ0v) is 17.6. The molecule has 9 nitrogen and oxygen atoms in total. The van der Waals surface area contributed by atoms with Crippen LogP contribution in [0.5, 0.6) is 11.5 Å². The number of amides is 1. The van der Waals surface area contributed by atoms with Crippen molar-refractivity contribution in [3.63, 3.8) is 0 Å². The van der Waals surface area contributed by atoms with E-state index in [1.807, 2.05) is 18.2 Å². The summed E-state index contributed by atoms with van der Waals surface area (Å²) in [5.74, 6) is 1.64. The number of hydrogen-bond donors (Lipinski definition) is 1. The first-order valence-corrected chi connectivity index (χ1v) is 11.3. The molecule has 1 aromatic carbocycles. The van der Waals surface area contributed by atoms with E-state index in [1.165, 1.54) is 18.1 Å². The van der Waals surface area contributed by atoms with E-state index < -0.39 is 0 Å². The number of thiazole rings is 1. The fourth-order valence-corrected chi connectivity index (χ4v) is 5.12. The molecular weight excluding hydrogens is 426 g/mol. The molecule has 1 fully saturated rings. The van der Waals surface area contributed by atoms with E-state index in [1.54, 1.807) is 11.3 Å². The zero-order chi connectivity index (χ0) is 20.3. The summed E-state index contributed by atoms with van der Waals surface area (Å²) in [6.45, 7) is 3.70. The lowest BCUT2D eigenvalue weighted by Gasteiger charge is -2.25. The van der Waals surface area contributed by atoms with E-state index in [4.69, 9.17) is 14.2 Å². The van der Waals surface area contributed by atoms with Crippen molar-refractivity contribution in [2.24, 2.45) is 0 Å². The molecule has 0 spiro atoms. The maximum absolute atomic E-state index is 12.3. The maximum atomic E-state index is 12.3. The molecule has 1 N–H and O–H groups in total. The van der Waals surface area contributed by atoms with Gasteiger partial charge in [0.25, 0.3) is 0 Å². The van der Waals surface area contributed by atoms with Crippen molar-refractivity contribution >= 4 is 44.5 Å². The number of rotatable bonds is 6. The predicted octanol–water partition coefficient (Wildman–Crippen LogP) is 2.06. The molecular formula is C19H19N5O4S2. The highest BCUT2D eigenvalue weighted by Gasteiger charge is 2.19. The van der Waals surface area contributed by atoms with Crippen molar-refractivity contribution < 1.29 is 19.0 Å². The monoisotopic (exact) mass is 445 g/mol. The van der Waals surface area contributed by atoms with Gasteiger partial charge in [-0.05, 0) is 17.7 Å². The van der Waals surface area contributed by atoms with Gasteiger partial charge in [0.1, 0.15) is 16.1 Å². The van der Waals surface area contributed by atoms with E-state index in [2.05, 4.69) is 25.2 Å². The number of benzene rings is 1. The van der Waals surface area contributed by atoms with Crippen LogP contribution in [0.1, 0.15) is 5.56 Å². The van der Waals surface area contributed by atoms with Crippen LogP contribution in [0.15, 0.2) is 29.6 Å². The number of aromatic nitrogens is 3. The second kappa shape index (κ2) is 8.62. The third-order valence-corrected chi connectivity index (χ3v) is 6.93. The van der Waals surface area contributed by atoms with Gasteiger partial charge in [-0.1, -0.05) is 29.2 Å². The van der Waals surface area contributed by atoms with Crippen molar-refractivity contribution in [1.29, 1.82) is 0 Å². The minimum absolute atomic E-state index is 0.0673. The molecule has 2 aliphatic heterocycles. The smallest absolute Gasteiger partial charge is 0.231 e. The van der Waals surface area contributed by atoms with Gasteiger partial charge >= 0.3 is 0 Å². The summed E-state index contributed by atoms with van der Waals surface area (Å²) in [7, 11) is 0. The van der Waals surface area contributed by atoms with Crippen LogP contribution < -0.4 is 19.7 Å². The molecule has 4 heterocycles. The number of nitrogens with zero attached hydrogens (tertiary/aromatic N) is 4. The molecule has 30 heavy (non-hydrogen) atoms. The number of ether oxygens (including phenoxy) is 3. The van der Waals surface area contributed by atoms with E-state index in [9.17, 15) is 4.79 Å². The predicted molar refractivity (Wildman–Crippen MR) is 113 cm³/mol. The second-order valence-electron chi connectivity index (χ2n) is 6.68. The summed E-state index contributed by atoms with van der Waals surface area (Å²) in [4.78, 5) is 27.8. The first kappa shape index (κ1) is 19.3. The Morgan fingerprint density at radius 3 is 2.97 bits per heavy atom. The highest BCUT2D eigenvalue weighted by Crippen LogP contribution is 2.34. The van der Waals surface area contributed by atoms with Crippen LogP contribution in [0.25, 0.3) is 10.3 Å². The third kappa shape index (κ3) is 4.13. The van der Waals surface area contributed by atoms with E-state index in [-0.39, 0.29) is 18.5 Å². The number of fused-ring (bicyclic) bond motifs is 2. The Balaban J connectivity index is 1.20. The Bertz CT molecular complexity index is 1070. The molecule has 0 unspecified atom stereocenters. The van der Waals surface area contributed by atoms with Crippen LogP contribution in [0, 0.1) is 0 Å². The lowest BCUT2D eigenvalue weighted by atomic mass is 10.2. The fourth-order valence-electron chi connectivity index (χ4n) is 3.15. The maximum Gasteiger partial charge on any atom is 0.231 e. The van der Waals surface area contributed by atoms with Gasteiger partial charge in [-0.25, -0.2) is 9.97 Å². The summed E-state index contributed by atoms with van der Waals surface area (Å²) in [6, 6.07) is 5.65. The van der Waals surface area contributed by atoms with Gasteiger partial charge in [0.15, 0.2) is 22.3 Å². The van der Waals surface area contributed by atoms with Crippen molar-refractivity contribution in [2.75, 3.05) is 43.7 Å². The van der Waals surface area contributed by atoms with Crippen molar-refractivity contribution in [1.82, 2.24) is 20.3 Å². The van der Waals surface area contributed by atoms with Gasteiger partial charge in [-0.3, -0.25) is 4.79 Å². The van der Waals surface area contributed by atoms with Crippen LogP contribution in [-0.4, -0.2) is 59.7 Å². The number of anilines is 1. The quantitative estimate of drug-likeness (QED) is 0.451. The standard InChI is InChI=1S/C19H19N5O4S2/c25-15(20-8-12-1-2-13-14(7-12)28-11-27-13)9-29-18-16-17(21-10-22-18)23-19(30-16)24-3-5-26-6-4-24/h1-2,7,10H,3-6,8-9,11H2,(H,20,25). The molecule has 0 radical (unpaired) electrons. The van der Waals surface area contributed by atoms with Gasteiger partial charge in [0.2, 0.25) is 12.7 Å². The molecule has 0 atom stereocenters. The Kier molecular flexibility index (Phi) is 5.56. The van der Waals surface area contributed by atoms with Crippen LogP contribution in [0.3, 0.4) is 0 Å². The molecule has 0 bridgehead atoms. The highest BCUT2D eigenvalue weighted by molar-refractivity contribution is 8.00.